The first-order valence-corrected chi connectivity index (χ1v) is 18.6. The number of alkyl carbamates (subject to hydrolysis) is 1. The Hall–Kier alpha value is -4.98. The van der Waals surface area contributed by atoms with Crippen molar-refractivity contribution in [3.05, 3.63) is 71.8 Å². The number of nitrogens with two attached hydrogens (primary N) is 1. The van der Waals surface area contributed by atoms with E-state index in [0.29, 0.717) is 31.4 Å². The first-order chi connectivity index (χ1) is 25.4. The normalized spacial score (nSPS) is 14.2. The monoisotopic (exact) mass is 752 g/mol. The molecule has 0 unspecified atom stereocenters. The second-order valence-corrected chi connectivity index (χ2v) is 15.3. The molecule has 0 spiro atoms. The summed E-state index contributed by atoms with van der Waals surface area (Å²) in [6, 6.07) is 12.4. The van der Waals surface area contributed by atoms with Crippen LogP contribution in [0.3, 0.4) is 0 Å². The van der Waals surface area contributed by atoms with Gasteiger partial charge in [-0.3, -0.25) is 19.2 Å². The lowest BCUT2D eigenvalue weighted by molar-refractivity contribution is -0.142. The highest BCUT2D eigenvalue weighted by Gasteiger charge is 2.33. The Kier molecular flexibility index (Phi) is 18.6. The van der Waals surface area contributed by atoms with E-state index < -0.39 is 77.4 Å². The van der Waals surface area contributed by atoms with Crippen LogP contribution in [-0.4, -0.2) is 83.2 Å². The third-order valence-electron chi connectivity index (χ3n) is 8.35. The number of hydrogen-bond donors (Lipinski definition) is 7. The van der Waals surface area contributed by atoms with Gasteiger partial charge >= 0.3 is 12.1 Å². The van der Waals surface area contributed by atoms with Crippen molar-refractivity contribution in [2.45, 2.75) is 123 Å². The van der Waals surface area contributed by atoms with Gasteiger partial charge in [0.2, 0.25) is 23.6 Å². The number of rotatable bonds is 21. The number of nitrogens with one attached hydrogen (secondary N) is 5. The molecule has 14 nitrogen and oxygen atoms in total. The lowest BCUT2D eigenvalue weighted by Gasteiger charge is -2.28. The number of carboxylic acids is 1. The molecule has 54 heavy (non-hydrogen) atoms. The second kappa shape index (κ2) is 22.3. The van der Waals surface area contributed by atoms with Crippen LogP contribution in [0.4, 0.5) is 4.79 Å². The zero-order chi connectivity index (χ0) is 40.4. The molecule has 0 heterocycles. The molecule has 0 radical (unpaired) electrons. The largest absolute Gasteiger partial charge is 0.480 e. The summed E-state index contributed by atoms with van der Waals surface area (Å²) in [7, 11) is 0. The maximum Gasteiger partial charge on any atom is 0.407 e. The molecule has 0 saturated carbocycles. The molecule has 298 valence electrons. The summed E-state index contributed by atoms with van der Waals surface area (Å²) in [6.45, 7) is 12.9. The number of hydrogen-bond acceptors (Lipinski definition) is 8. The molecule has 0 aliphatic rings. The Morgan fingerprint density at radius 3 is 1.69 bits per heavy atom. The second-order valence-electron chi connectivity index (χ2n) is 15.3. The smallest absolute Gasteiger partial charge is 0.407 e. The van der Waals surface area contributed by atoms with Gasteiger partial charge in [0.15, 0.2) is 0 Å². The number of amides is 5. The Morgan fingerprint density at radius 1 is 0.685 bits per heavy atom. The predicted molar refractivity (Wildman–Crippen MR) is 206 cm³/mol. The van der Waals surface area contributed by atoms with Crippen molar-refractivity contribution in [1.29, 1.82) is 0 Å². The van der Waals surface area contributed by atoms with Crippen LogP contribution in [0.5, 0.6) is 0 Å². The van der Waals surface area contributed by atoms with Crippen molar-refractivity contribution >= 4 is 35.7 Å². The Balaban J connectivity index is 2.12. The molecule has 0 aliphatic carbocycles. The van der Waals surface area contributed by atoms with Gasteiger partial charge < -0.3 is 42.2 Å². The lowest BCUT2D eigenvalue weighted by Crippen LogP contribution is -2.60. The van der Waals surface area contributed by atoms with Crippen LogP contribution in [0.1, 0.15) is 85.3 Å². The average molecular weight is 753 g/mol. The predicted octanol–water partition coefficient (Wildman–Crippen LogP) is 3.22. The molecule has 2 aromatic rings. The van der Waals surface area contributed by atoms with E-state index in [1.807, 2.05) is 19.9 Å². The van der Waals surface area contributed by atoms with Gasteiger partial charge in [-0.25, -0.2) is 9.59 Å². The van der Waals surface area contributed by atoms with Crippen molar-refractivity contribution in [3.8, 4) is 0 Å². The summed E-state index contributed by atoms with van der Waals surface area (Å²) in [5.41, 5.74) is 7.00. The van der Waals surface area contributed by atoms with E-state index >= 15 is 0 Å². The van der Waals surface area contributed by atoms with Gasteiger partial charge in [0, 0.05) is 19.4 Å². The topological polar surface area (TPSA) is 218 Å². The Morgan fingerprint density at radius 2 is 1.19 bits per heavy atom. The number of aliphatic carboxylic acids is 1. The third-order valence-corrected chi connectivity index (χ3v) is 8.35. The van der Waals surface area contributed by atoms with Crippen molar-refractivity contribution < 1.29 is 38.6 Å². The number of unbranched alkanes of at least 4 members (excludes halogenated alkanes) is 1. The first kappa shape index (κ1) is 45.2. The summed E-state index contributed by atoms with van der Waals surface area (Å²) >= 11 is 0. The highest BCUT2D eigenvalue weighted by molar-refractivity contribution is 5.95. The minimum Gasteiger partial charge on any atom is -0.480 e. The summed E-state index contributed by atoms with van der Waals surface area (Å²) in [5.74, 6) is -4.09. The maximum absolute atomic E-state index is 13.8. The van der Waals surface area contributed by atoms with Gasteiger partial charge in [0.05, 0.1) is 6.04 Å². The fraction of sp³-hybridized carbons (Fsp3) is 0.550. The van der Waals surface area contributed by atoms with Gasteiger partial charge in [0.25, 0.3) is 0 Å². The van der Waals surface area contributed by atoms with E-state index in [9.17, 15) is 33.9 Å². The molecule has 0 aliphatic heterocycles. The van der Waals surface area contributed by atoms with Gasteiger partial charge in [-0.15, -0.1) is 0 Å². The fourth-order valence-corrected chi connectivity index (χ4v) is 5.54. The average Bonchev–Trinajstić information content (AvgIpc) is 3.08. The summed E-state index contributed by atoms with van der Waals surface area (Å²) in [6.07, 6.45) is 1.27. The maximum atomic E-state index is 13.8. The zero-order valence-electron chi connectivity index (χ0n) is 32.6. The van der Waals surface area contributed by atoms with Crippen LogP contribution in [0.15, 0.2) is 60.7 Å². The highest BCUT2D eigenvalue weighted by Crippen LogP contribution is 2.12. The fourth-order valence-electron chi connectivity index (χ4n) is 5.54. The molecular formula is C40H60N6O8. The summed E-state index contributed by atoms with van der Waals surface area (Å²) in [4.78, 5) is 78.3. The third kappa shape index (κ3) is 17.2. The van der Waals surface area contributed by atoms with E-state index in [4.69, 9.17) is 10.5 Å². The molecule has 0 aromatic heterocycles. The minimum absolute atomic E-state index is 0.000421. The number of carbonyl (C=O) groups is 6. The Bertz CT molecular complexity index is 1510. The number of carbonyl (C=O) groups excluding carboxylic acids is 5. The molecule has 2 rings (SSSR count). The summed E-state index contributed by atoms with van der Waals surface area (Å²) in [5, 5.41) is 23.4. The lowest BCUT2D eigenvalue weighted by atomic mass is 9.98. The van der Waals surface area contributed by atoms with Crippen LogP contribution in [0, 0.1) is 11.8 Å². The van der Waals surface area contributed by atoms with E-state index in [1.165, 1.54) is 0 Å². The molecule has 5 amide bonds. The minimum atomic E-state index is -1.25. The first-order valence-electron chi connectivity index (χ1n) is 18.6. The van der Waals surface area contributed by atoms with Gasteiger partial charge in [-0.2, -0.15) is 0 Å². The van der Waals surface area contributed by atoms with Crippen LogP contribution < -0.4 is 32.3 Å². The van der Waals surface area contributed by atoms with Gasteiger partial charge in [-0.1, -0.05) is 88.4 Å². The molecule has 0 bridgehead atoms. The number of ether oxygens (including phenoxy) is 1. The van der Waals surface area contributed by atoms with Crippen LogP contribution in [-0.2, 0) is 41.6 Å². The van der Waals surface area contributed by atoms with E-state index in [2.05, 4.69) is 26.6 Å². The van der Waals surface area contributed by atoms with E-state index in [1.54, 1.807) is 89.2 Å². The molecule has 8 N–H and O–H groups in total. The van der Waals surface area contributed by atoms with E-state index in [-0.39, 0.29) is 25.2 Å². The standard InChI is InChI=1S/C40H60N6O8/c1-25(2)22-30(43-34(47)29(41)20-14-15-21-42-39(53)54-40(5,6)7)36(49)46-33(26(3)4)37(50)44-31(23-27-16-10-8-11-17-27)35(48)45-32(38(51)52)24-28-18-12-9-13-19-28/h8-13,16-19,25-26,29-33H,14-15,20-24,41H2,1-7H3,(H,42,53)(H,43,47)(H,44,50)(H,45,48)(H,46,49)(H,51,52)/t29-,30-,31-,32-,33-/m0/s1. The van der Waals surface area contributed by atoms with Crippen LogP contribution >= 0.6 is 0 Å². The molecule has 0 fully saturated rings. The SMILES string of the molecule is CC(C)C[C@H](NC(=O)[C@@H](N)CCCCNC(=O)OC(C)(C)C)C(=O)N[C@H](C(=O)N[C@@H](Cc1ccccc1)C(=O)N[C@@H](Cc1ccccc1)C(=O)O)C(C)C. The van der Waals surface area contributed by atoms with Crippen molar-refractivity contribution in [1.82, 2.24) is 26.6 Å². The van der Waals surface area contributed by atoms with Gasteiger partial charge in [-0.05, 0) is 69.4 Å². The highest BCUT2D eigenvalue weighted by atomic mass is 16.6. The molecular weight excluding hydrogens is 692 g/mol. The van der Waals surface area contributed by atoms with Crippen LogP contribution in [0.2, 0.25) is 0 Å². The quantitative estimate of drug-likeness (QED) is 0.0931. The summed E-state index contributed by atoms with van der Waals surface area (Å²) < 4.78 is 5.21. The zero-order valence-corrected chi connectivity index (χ0v) is 32.6. The molecule has 5 atom stereocenters. The van der Waals surface area contributed by atoms with Crippen molar-refractivity contribution in [2.75, 3.05) is 6.54 Å². The molecule has 0 saturated heterocycles. The number of benzene rings is 2. The van der Waals surface area contributed by atoms with E-state index in [0.717, 1.165) is 5.56 Å². The van der Waals surface area contributed by atoms with Crippen LogP contribution in [0.25, 0.3) is 0 Å². The van der Waals surface area contributed by atoms with Crippen molar-refractivity contribution in [2.24, 2.45) is 17.6 Å². The van der Waals surface area contributed by atoms with Gasteiger partial charge in [0.1, 0.15) is 29.8 Å². The number of carboxylic acid groups (broad SMARTS) is 1. The molecule has 2 aromatic carbocycles. The molecule has 14 heteroatoms. The Labute approximate surface area is 319 Å². The van der Waals surface area contributed by atoms with Crippen molar-refractivity contribution in [3.63, 3.8) is 0 Å².